The summed E-state index contributed by atoms with van der Waals surface area (Å²) in [4.78, 5) is 13.6. The van der Waals surface area contributed by atoms with Crippen molar-refractivity contribution in [1.29, 1.82) is 0 Å². The smallest absolute Gasteiger partial charge is 0.373 e. The maximum Gasteiger partial charge on any atom is 0.373 e. The fourth-order valence-electron chi connectivity index (χ4n) is 2.53. The lowest BCUT2D eigenvalue weighted by molar-refractivity contribution is 0.0559. The fraction of sp³-hybridized carbons (Fsp3) is 0.643. The van der Waals surface area contributed by atoms with Crippen molar-refractivity contribution in [2.24, 2.45) is 5.92 Å². The molecule has 0 aliphatic carbocycles. The van der Waals surface area contributed by atoms with Gasteiger partial charge in [-0.3, -0.25) is 4.90 Å². The van der Waals surface area contributed by atoms with Gasteiger partial charge in [0.15, 0.2) is 0 Å². The lowest BCUT2D eigenvalue weighted by atomic mass is 10.0. The van der Waals surface area contributed by atoms with Crippen LogP contribution in [0.4, 0.5) is 0 Å². The molecule has 1 aliphatic heterocycles. The van der Waals surface area contributed by atoms with Gasteiger partial charge >= 0.3 is 5.97 Å². The largest absolute Gasteiger partial charge is 0.463 e. The summed E-state index contributed by atoms with van der Waals surface area (Å²) >= 11 is 0. The minimum atomic E-state index is -0.457. The SMILES string of the molecule is COC(=O)c1ccc(C(C)N2CCC(C(C)O)C2)o1. The molecule has 5 heteroatoms. The molecule has 1 aliphatic rings. The second-order valence-corrected chi connectivity index (χ2v) is 5.15. The average Bonchev–Trinajstić information content (AvgIpc) is 3.05. The van der Waals surface area contributed by atoms with Crippen molar-refractivity contribution in [3.05, 3.63) is 23.7 Å². The quantitative estimate of drug-likeness (QED) is 0.843. The molecule has 0 aromatic carbocycles. The van der Waals surface area contributed by atoms with Gasteiger partial charge in [-0.15, -0.1) is 0 Å². The highest BCUT2D eigenvalue weighted by atomic mass is 16.5. The van der Waals surface area contributed by atoms with Gasteiger partial charge in [-0.05, 0) is 44.9 Å². The van der Waals surface area contributed by atoms with Crippen LogP contribution in [-0.4, -0.2) is 42.3 Å². The van der Waals surface area contributed by atoms with Crippen LogP contribution < -0.4 is 0 Å². The number of likely N-dealkylation sites (tertiary alicyclic amines) is 1. The molecule has 1 aromatic rings. The minimum Gasteiger partial charge on any atom is -0.463 e. The van der Waals surface area contributed by atoms with Crippen LogP contribution in [0.5, 0.6) is 0 Å². The van der Waals surface area contributed by atoms with Crippen LogP contribution >= 0.6 is 0 Å². The van der Waals surface area contributed by atoms with Gasteiger partial charge in [0.25, 0.3) is 0 Å². The van der Waals surface area contributed by atoms with Crippen LogP contribution in [0.15, 0.2) is 16.5 Å². The standard InChI is InChI=1S/C14H21NO4/c1-9(15-7-6-11(8-15)10(2)16)12-4-5-13(19-12)14(17)18-3/h4-5,9-11,16H,6-8H2,1-3H3. The second kappa shape index (κ2) is 5.75. The zero-order valence-corrected chi connectivity index (χ0v) is 11.6. The lowest BCUT2D eigenvalue weighted by Crippen LogP contribution is -2.26. The first-order valence-electron chi connectivity index (χ1n) is 6.63. The van der Waals surface area contributed by atoms with E-state index in [9.17, 15) is 9.90 Å². The van der Waals surface area contributed by atoms with Crippen molar-refractivity contribution < 1.29 is 19.1 Å². The maximum absolute atomic E-state index is 11.3. The fourth-order valence-corrected chi connectivity index (χ4v) is 2.53. The number of furan rings is 1. The van der Waals surface area contributed by atoms with E-state index in [1.165, 1.54) is 7.11 Å². The molecular formula is C14H21NO4. The summed E-state index contributed by atoms with van der Waals surface area (Å²) in [7, 11) is 1.33. The molecule has 0 saturated carbocycles. The Bertz CT molecular complexity index is 440. The number of carbonyl (C=O) groups is 1. The molecule has 1 aromatic heterocycles. The van der Waals surface area contributed by atoms with Crippen molar-refractivity contribution in [3.8, 4) is 0 Å². The highest BCUT2D eigenvalue weighted by Crippen LogP contribution is 2.29. The van der Waals surface area contributed by atoms with Crippen LogP contribution in [0, 0.1) is 5.92 Å². The van der Waals surface area contributed by atoms with E-state index in [4.69, 9.17) is 4.42 Å². The topological polar surface area (TPSA) is 62.9 Å². The van der Waals surface area contributed by atoms with Crippen molar-refractivity contribution in [1.82, 2.24) is 4.90 Å². The maximum atomic E-state index is 11.3. The summed E-state index contributed by atoms with van der Waals surface area (Å²) in [6.07, 6.45) is 0.714. The summed E-state index contributed by atoms with van der Waals surface area (Å²) in [6.45, 7) is 5.67. The van der Waals surface area contributed by atoms with E-state index >= 15 is 0 Å². The van der Waals surface area contributed by atoms with Crippen LogP contribution in [0.25, 0.3) is 0 Å². The molecule has 1 N–H and O–H groups in total. The molecule has 0 amide bonds. The predicted molar refractivity (Wildman–Crippen MR) is 69.8 cm³/mol. The number of nitrogens with zero attached hydrogens (tertiary/aromatic N) is 1. The molecule has 1 saturated heterocycles. The Labute approximate surface area is 113 Å². The predicted octanol–water partition coefficient (Wildman–Crippen LogP) is 1.83. The van der Waals surface area contributed by atoms with Crippen molar-refractivity contribution in [2.45, 2.75) is 32.4 Å². The van der Waals surface area contributed by atoms with E-state index in [0.717, 1.165) is 25.3 Å². The van der Waals surface area contributed by atoms with Crippen LogP contribution in [0.2, 0.25) is 0 Å². The van der Waals surface area contributed by atoms with Crippen molar-refractivity contribution in [2.75, 3.05) is 20.2 Å². The lowest BCUT2D eigenvalue weighted by Gasteiger charge is -2.23. The molecule has 3 atom stereocenters. The van der Waals surface area contributed by atoms with E-state index in [1.54, 1.807) is 6.07 Å². The number of methoxy groups -OCH3 is 1. The molecule has 0 spiro atoms. The van der Waals surface area contributed by atoms with Crippen LogP contribution in [0.1, 0.15) is 42.6 Å². The Morgan fingerprint density at radius 3 is 2.84 bits per heavy atom. The van der Waals surface area contributed by atoms with E-state index in [0.29, 0.717) is 5.92 Å². The van der Waals surface area contributed by atoms with Gasteiger partial charge in [-0.1, -0.05) is 0 Å². The Hall–Kier alpha value is -1.33. The zero-order chi connectivity index (χ0) is 14.0. The molecule has 106 valence electrons. The Balaban J connectivity index is 2.02. The van der Waals surface area contributed by atoms with Crippen LogP contribution in [0.3, 0.4) is 0 Å². The molecule has 0 radical (unpaired) electrons. The number of hydrogen-bond donors (Lipinski definition) is 1. The molecule has 2 rings (SSSR count). The minimum absolute atomic E-state index is 0.0992. The van der Waals surface area contributed by atoms with Gasteiger partial charge in [-0.2, -0.15) is 0 Å². The molecule has 3 unspecified atom stereocenters. The second-order valence-electron chi connectivity index (χ2n) is 5.15. The van der Waals surface area contributed by atoms with Crippen molar-refractivity contribution >= 4 is 5.97 Å². The number of carbonyl (C=O) groups excluding carboxylic acids is 1. The zero-order valence-electron chi connectivity index (χ0n) is 11.6. The van der Waals surface area contributed by atoms with Gasteiger partial charge in [0.05, 0.1) is 19.3 Å². The van der Waals surface area contributed by atoms with Gasteiger partial charge < -0.3 is 14.3 Å². The first-order valence-corrected chi connectivity index (χ1v) is 6.63. The summed E-state index contributed by atoms with van der Waals surface area (Å²) in [5.74, 6) is 0.849. The molecule has 19 heavy (non-hydrogen) atoms. The summed E-state index contributed by atoms with van der Waals surface area (Å²) in [5.41, 5.74) is 0. The number of aliphatic hydroxyl groups excluding tert-OH is 1. The first kappa shape index (κ1) is 14.1. The van der Waals surface area contributed by atoms with E-state index in [2.05, 4.69) is 9.64 Å². The van der Waals surface area contributed by atoms with Crippen LogP contribution in [-0.2, 0) is 4.74 Å². The average molecular weight is 267 g/mol. The van der Waals surface area contributed by atoms with Gasteiger partial charge in [-0.25, -0.2) is 4.79 Å². The number of hydrogen-bond acceptors (Lipinski definition) is 5. The molecule has 0 bridgehead atoms. The summed E-state index contributed by atoms with van der Waals surface area (Å²) in [5, 5.41) is 9.62. The van der Waals surface area contributed by atoms with E-state index in [1.807, 2.05) is 19.9 Å². The van der Waals surface area contributed by atoms with Gasteiger partial charge in [0.1, 0.15) is 5.76 Å². The first-order chi connectivity index (χ1) is 9.02. The molecule has 5 nitrogen and oxygen atoms in total. The van der Waals surface area contributed by atoms with Gasteiger partial charge in [0, 0.05) is 6.54 Å². The third kappa shape index (κ3) is 2.98. The number of rotatable bonds is 4. The van der Waals surface area contributed by atoms with Crippen molar-refractivity contribution in [3.63, 3.8) is 0 Å². The Morgan fingerprint density at radius 1 is 1.53 bits per heavy atom. The number of esters is 1. The molecule has 2 heterocycles. The van der Waals surface area contributed by atoms with E-state index in [-0.39, 0.29) is 17.9 Å². The molecule has 1 fully saturated rings. The third-order valence-electron chi connectivity index (χ3n) is 3.91. The normalized spacial score (nSPS) is 23.3. The number of ether oxygens (including phenoxy) is 1. The summed E-state index contributed by atoms with van der Waals surface area (Å²) < 4.78 is 10.2. The van der Waals surface area contributed by atoms with Gasteiger partial charge in [0.2, 0.25) is 5.76 Å². The Morgan fingerprint density at radius 2 is 2.26 bits per heavy atom. The highest BCUT2D eigenvalue weighted by Gasteiger charge is 2.30. The monoisotopic (exact) mass is 267 g/mol. The third-order valence-corrected chi connectivity index (χ3v) is 3.91. The summed E-state index contributed by atoms with van der Waals surface area (Å²) in [6, 6.07) is 3.55. The highest BCUT2D eigenvalue weighted by molar-refractivity contribution is 5.86. The van der Waals surface area contributed by atoms with E-state index < -0.39 is 5.97 Å². The molecular weight excluding hydrogens is 246 g/mol. The Kier molecular flexibility index (Phi) is 4.27. The number of aliphatic hydroxyl groups is 1.